The molecule has 3 rings (SSSR count). The quantitative estimate of drug-likeness (QED) is 0.714. The highest BCUT2D eigenvalue weighted by Gasteiger charge is 2.46. The summed E-state index contributed by atoms with van der Waals surface area (Å²) in [6, 6.07) is 5.60. The van der Waals surface area contributed by atoms with Gasteiger partial charge in [-0.05, 0) is 51.3 Å². The normalized spacial score (nSPS) is 19.8. The Hall–Kier alpha value is -1.55. The SMILES string of the molecule is CC(C)(C)OC(=O)N1CCC2(CC1)CC(=O)c1cc(Cl)ccc12. The number of ether oxygens (including phenoxy) is 1. The number of carbonyl (C=O) groups is 2. The van der Waals surface area contributed by atoms with Gasteiger partial charge in [0.05, 0.1) is 0 Å². The van der Waals surface area contributed by atoms with Crippen LogP contribution >= 0.6 is 11.6 Å². The molecule has 1 aromatic carbocycles. The zero-order chi connectivity index (χ0) is 16.8. The first kappa shape index (κ1) is 16.3. The molecule has 1 fully saturated rings. The van der Waals surface area contributed by atoms with Crippen molar-refractivity contribution >= 4 is 23.5 Å². The zero-order valence-electron chi connectivity index (χ0n) is 13.8. The van der Waals surface area contributed by atoms with Gasteiger partial charge >= 0.3 is 6.09 Å². The maximum absolute atomic E-state index is 12.3. The van der Waals surface area contributed by atoms with Crippen LogP contribution in [-0.4, -0.2) is 35.5 Å². The second-order valence-corrected chi connectivity index (χ2v) is 7.97. The lowest BCUT2D eigenvalue weighted by atomic mass is 9.74. The van der Waals surface area contributed by atoms with Crippen molar-refractivity contribution in [2.45, 2.75) is 51.0 Å². The number of amides is 1. The number of hydrogen-bond acceptors (Lipinski definition) is 3. The van der Waals surface area contributed by atoms with E-state index in [9.17, 15) is 9.59 Å². The summed E-state index contributed by atoms with van der Waals surface area (Å²) in [7, 11) is 0. The van der Waals surface area contributed by atoms with Crippen LogP contribution in [0.3, 0.4) is 0 Å². The highest BCUT2D eigenvalue weighted by molar-refractivity contribution is 6.31. The molecule has 0 radical (unpaired) electrons. The number of carbonyl (C=O) groups excluding carboxylic acids is 2. The third-order valence-corrected chi connectivity index (χ3v) is 4.96. The summed E-state index contributed by atoms with van der Waals surface area (Å²) < 4.78 is 5.44. The number of hydrogen-bond donors (Lipinski definition) is 0. The van der Waals surface area contributed by atoms with Crippen molar-refractivity contribution in [1.29, 1.82) is 0 Å². The minimum atomic E-state index is -0.487. The second-order valence-electron chi connectivity index (χ2n) is 7.54. The molecule has 1 spiro atoms. The fourth-order valence-corrected chi connectivity index (χ4v) is 3.77. The van der Waals surface area contributed by atoms with Crippen LogP contribution in [0.15, 0.2) is 18.2 Å². The van der Waals surface area contributed by atoms with Crippen molar-refractivity contribution in [1.82, 2.24) is 4.90 Å². The third-order valence-electron chi connectivity index (χ3n) is 4.72. The molecule has 1 aromatic rings. The Balaban J connectivity index is 1.75. The molecule has 1 aliphatic carbocycles. The molecular formula is C18H22ClNO3. The number of Topliss-reactive ketones (excluding diaryl/α,β-unsaturated/α-hetero) is 1. The Labute approximate surface area is 141 Å². The lowest BCUT2D eigenvalue weighted by Crippen LogP contribution is -2.46. The molecule has 1 aliphatic heterocycles. The van der Waals surface area contributed by atoms with E-state index in [0.717, 1.165) is 24.0 Å². The van der Waals surface area contributed by atoms with Crippen molar-refractivity contribution in [2.24, 2.45) is 0 Å². The molecular weight excluding hydrogens is 314 g/mol. The molecule has 1 heterocycles. The summed E-state index contributed by atoms with van der Waals surface area (Å²) in [5.41, 5.74) is 1.22. The number of rotatable bonds is 0. The molecule has 4 nitrogen and oxygen atoms in total. The molecule has 1 saturated heterocycles. The first-order valence-corrected chi connectivity index (χ1v) is 8.39. The van der Waals surface area contributed by atoms with E-state index in [1.165, 1.54) is 0 Å². The van der Waals surface area contributed by atoms with Gasteiger partial charge in [-0.25, -0.2) is 4.79 Å². The van der Waals surface area contributed by atoms with Crippen molar-refractivity contribution < 1.29 is 14.3 Å². The van der Waals surface area contributed by atoms with Crippen LogP contribution in [0.25, 0.3) is 0 Å². The van der Waals surface area contributed by atoms with Gasteiger partial charge in [0.25, 0.3) is 0 Å². The minimum absolute atomic E-state index is 0.143. The Bertz CT molecular complexity index is 655. The van der Waals surface area contributed by atoms with Crippen molar-refractivity contribution in [3.63, 3.8) is 0 Å². The molecule has 0 aromatic heterocycles. The van der Waals surface area contributed by atoms with Gasteiger partial charge in [-0.15, -0.1) is 0 Å². The predicted octanol–water partition coefficient (Wildman–Crippen LogP) is 4.20. The van der Waals surface area contributed by atoms with Gasteiger partial charge in [0.1, 0.15) is 5.60 Å². The van der Waals surface area contributed by atoms with Gasteiger partial charge in [0.15, 0.2) is 5.78 Å². The number of halogens is 1. The molecule has 2 aliphatic rings. The summed E-state index contributed by atoms with van der Waals surface area (Å²) >= 11 is 6.02. The van der Waals surface area contributed by atoms with E-state index in [1.807, 2.05) is 32.9 Å². The van der Waals surface area contributed by atoms with E-state index < -0.39 is 5.60 Å². The summed E-state index contributed by atoms with van der Waals surface area (Å²) in [6.07, 6.45) is 1.82. The van der Waals surface area contributed by atoms with E-state index >= 15 is 0 Å². The fourth-order valence-electron chi connectivity index (χ4n) is 3.60. The molecule has 1 amide bonds. The van der Waals surface area contributed by atoms with E-state index in [-0.39, 0.29) is 17.3 Å². The van der Waals surface area contributed by atoms with Gasteiger partial charge in [-0.1, -0.05) is 17.7 Å². The second kappa shape index (κ2) is 5.52. The summed E-state index contributed by atoms with van der Waals surface area (Å²) in [5, 5.41) is 0.598. The van der Waals surface area contributed by atoms with Crippen LogP contribution in [0.4, 0.5) is 4.79 Å². The largest absolute Gasteiger partial charge is 0.444 e. The third kappa shape index (κ3) is 3.09. The molecule has 124 valence electrons. The Morgan fingerprint density at radius 3 is 2.52 bits per heavy atom. The van der Waals surface area contributed by atoms with E-state index in [1.54, 1.807) is 11.0 Å². The molecule has 0 N–H and O–H groups in total. The van der Waals surface area contributed by atoms with Crippen LogP contribution in [0.2, 0.25) is 5.02 Å². The summed E-state index contributed by atoms with van der Waals surface area (Å²) in [5.74, 6) is 0.160. The number of piperidine rings is 1. The number of ketones is 1. The summed E-state index contributed by atoms with van der Waals surface area (Å²) in [4.78, 5) is 26.3. The average molecular weight is 336 g/mol. The van der Waals surface area contributed by atoms with E-state index in [0.29, 0.717) is 24.5 Å². The van der Waals surface area contributed by atoms with E-state index in [4.69, 9.17) is 16.3 Å². The molecule has 0 unspecified atom stereocenters. The van der Waals surface area contributed by atoms with Crippen LogP contribution in [0.1, 0.15) is 56.0 Å². The number of likely N-dealkylation sites (tertiary alicyclic amines) is 1. The first-order chi connectivity index (χ1) is 10.7. The maximum atomic E-state index is 12.3. The zero-order valence-corrected chi connectivity index (χ0v) is 14.6. The highest BCUT2D eigenvalue weighted by atomic mass is 35.5. The van der Waals surface area contributed by atoms with Crippen LogP contribution in [0, 0.1) is 0 Å². The smallest absolute Gasteiger partial charge is 0.410 e. The van der Waals surface area contributed by atoms with Gasteiger partial charge in [0.2, 0.25) is 0 Å². The van der Waals surface area contributed by atoms with Gasteiger partial charge in [-0.3, -0.25) is 4.79 Å². The van der Waals surface area contributed by atoms with Crippen LogP contribution < -0.4 is 0 Å². The molecule has 0 bridgehead atoms. The average Bonchev–Trinajstić information content (AvgIpc) is 2.70. The molecule has 23 heavy (non-hydrogen) atoms. The van der Waals surface area contributed by atoms with Crippen LogP contribution in [-0.2, 0) is 10.2 Å². The lowest BCUT2D eigenvalue weighted by molar-refractivity contribution is 0.0166. The highest BCUT2D eigenvalue weighted by Crippen LogP contribution is 2.46. The number of benzene rings is 1. The summed E-state index contributed by atoms with van der Waals surface area (Å²) in [6.45, 7) is 6.83. The molecule has 0 atom stereocenters. The monoisotopic (exact) mass is 335 g/mol. The number of fused-ring (bicyclic) bond motifs is 2. The Morgan fingerprint density at radius 1 is 1.26 bits per heavy atom. The van der Waals surface area contributed by atoms with Crippen molar-refractivity contribution in [3.8, 4) is 0 Å². The topological polar surface area (TPSA) is 46.6 Å². The van der Waals surface area contributed by atoms with Crippen LogP contribution in [0.5, 0.6) is 0 Å². The first-order valence-electron chi connectivity index (χ1n) is 8.01. The molecule has 0 saturated carbocycles. The fraction of sp³-hybridized carbons (Fsp3) is 0.556. The predicted molar refractivity (Wildman–Crippen MR) is 89.1 cm³/mol. The molecule has 5 heteroatoms. The van der Waals surface area contributed by atoms with Crippen molar-refractivity contribution in [2.75, 3.05) is 13.1 Å². The van der Waals surface area contributed by atoms with Crippen molar-refractivity contribution in [3.05, 3.63) is 34.3 Å². The maximum Gasteiger partial charge on any atom is 0.410 e. The lowest BCUT2D eigenvalue weighted by Gasteiger charge is -2.40. The van der Waals surface area contributed by atoms with Gasteiger partial charge < -0.3 is 9.64 Å². The minimum Gasteiger partial charge on any atom is -0.444 e. The van der Waals surface area contributed by atoms with Gasteiger partial charge in [-0.2, -0.15) is 0 Å². The standard InChI is InChI=1S/C18H22ClNO3/c1-17(2,3)23-16(22)20-8-6-18(7-9-20)11-15(21)13-10-12(19)4-5-14(13)18/h4-5,10H,6-9,11H2,1-3H3. The van der Waals surface area contributed by atoms with Gasteiger partial charge in [0, 0.05) is 35.5 Å². The Kier molecular flexibility index (Phi) is 3.91. The Morgan fingerprint density at radius 2 is 1.91 bits per heavy atom. The van der Waals surface area contributed by atoms with E-state index in [2.05, 4.69) is 0 Å². The number of nitrogens with zero attached hydrogens (tertiary/aromatic N) is 1.